The van der Waals surface area contributed by atoms with E-state index >= 15 is 0 Å². The first-order valence-corrected chi connectivity index (χ1v) is 9.84. The molecule has 1 fully saturated rings. The van der Waals surface area contributed by atoms with E-state index in [4.69, 9.17) is 9.97 Å². The minimum atomic E-state index is -0.372. The molecule has 1 saturated carbocycles. The standard InChI is InChI=1S/C19H18N4O2S/c24-23(25)13-5-3-4-12(10-13)20-18-16-14-6-1-2-7-15(14)26-19(16)22-17(21-18)11-8-9-11/h3-5,10-11H,1-2,6-9H2,(H,20,21,22). The number of thiophene rings is 1. The Labute approximate surface area is 154 Å². The van der Waals surface area contributed by atoms with E-state index in [-0.39, 0.29) is 10.6 Å². The summed E-state index contributed by atoms with van der Waals surface area (Å²) >= 11 is 1.79. The molecule has 2 aromatic heterocycles. The van der Waals surface area contributed by atoms with Crippen LogP contribution in [0.3, 0.4) is 0 Å². The lowest BCUT2D eigenvalue weighted by Crippen LogP contribution is -2.03. The van der Waals surface area contributed by atoms with E-state index < -0.39 is 0 Å². The van der Waals surface area contributed by atoms with Gasteiger partial charge in [0.15, 0.2) is 0 Å². The van der Waals surface area contributed by atoms with Crippen molar-refractivity contribution in [3.8, 4) is 0 Å². The summed E-state index contributed by atoms with van der Waals surface area (Å²) in [4.78, 5) is 22.9. The van der Waals surface area contributed by atoms with Gasteiger partial charge in [0.2, 0.25) is 0 Å². The second kappa shape index (κ2) is 6.02. The Morgan fingerprint density at radius 1 is 1.19 bits per heavy atom. The maximum Gasteiger partial charge on any atom is 0.271 e. The molecule has 1 N–H and O–H groups in total. The van der Waals surface area contributed by atoms with Gasteiger partial charge in [-0.2, -0.15) is 0 Å². The second-order valence-corrected chi connectivity index (χ2v) is 8.11. The zero-order valence-corrected chi connectivity index (χ0v) is 15.0. The molecule has 2 aliphatic rings. The molecule has 2 aliphatic carbocycles. The van der Waals surface area contributed by atoms with Gasteiger partial charge in [-0.1, -0.05) is 6.07 Å². The first-order valence-electron chi connectivity index (χ1n) is 9.03. The van der Waals surface area contributed by atoms with E-state index in [0.29, 0.717) is 11.6 Å². The molecular formula is C19H18N4O2S. The quantitative estimate of drug-likeness (QED) is 0.513. The number of aromatic nitrogens is 2. The van der Waals surface area contributed by atoms with Crippen molar-refractivity contribution in [2.45, 2.75) is 44.4 Å². The molecular weight excluding hydrogens is 348 g/mol. The summed E-state index contributed by atoms with van der Waals surface area (Å²) in [6.07, 6.45) is 6.89. The van der Waals surface area contributed by atoms with Gasteiger partial charge in [-0.25, -0.2) is 9.97 Å². The fraction of sp³-hybridized carbons (Fsp3) is 0.368. The third-order valence-electron chi connectivity index (χ3n) is 5.09. The number of nitrogens with one attached hydrogen (secondary N) is 1. The fourth-order valence-electron chi connectivity index (χ4n) is 3.62. The van der Waals surface area contributed by atoms with Crippen molar-refractivity contribution in [2.24, 2.45) is 0 Å². The zero-order chi connectivity index (χ0) is 17.7. The van der Waals surface area contributed by atoms with Gasteiger partial charge in [-0.05, 0) is 50.2 Å². The van der Waals surface area contributed by atoms with Gasteiger partial charge in [0, 0.05) is 28.6 Å². The fourth-order valence-corrected chi connectivity index (χ4v) is 4.89. The SMILES string of the molecule is O=[N+]([O-])c1cccc(Nc2nc(C3CC3)nc3sc4c(c23)CCCC4)c1. The van der Waals surface area contributed by atoms with Gasteiger partial charge >= 0.3 is 0 Å². The molecule has 0 bridgehead atoms. The van der Waals surface area contributed by atoms with Crippen LogP contribution in [0.15, 0.2) is 24.3 Å². The lowest BCUT2D eigenvalue weighted by atomic mass is 9.97. The van der Waals surface area contributed by atoms with Crippen LogP contribution in [0.4, 0.5) is 17.2 Å². The highest BCUT2D eigenvalue weighted by Gasteiger charge is 2.29. The van der Waals surface area contributed by atoms with Gasteiger partial charge in [0.05, 0.1) is 10.3 Å². The number of nitrogens with zero attached hydrogens (tertiary/aromatic N) is 3. The lowest BCUT2D eigenvalue weighted by Gasteiger charge is -2.13. The van der Waals surface area contributed by atoms with E-state index in [1.807, 2.05) is 6.07 Å². The largest absolute Gasteiger partial charge is 0.339 e. The maximum atomic E-state index is 11.1. The number of anilines is 2. The van der Waals surface area contributed by atoms with Crippen LogP contribution in [-0.2, 0) is 12.8 Å². The summed E-state index contributed by atoms with van der Waals surface area (Å²) in [7, 11) is 0. The number of hydrogen-bond acceptors (Lipinski definition) is 6. The maximum absolute atomic E-state index is 11.1. The van der Waals surface area contributed by atoms with Gasteiger partial charge < -0.3 is 5.32 Å². The average Bonchev–Trinajstić information content (AvgIpc) is 3.42. The Hall–Kier alpha value is -2.54. The van der Waals surface area contributed by atoms with E-state index in [1.165, 1.54) is 29.3 Å². The van der Waals surface area contributed by atoms with Crippen molar-refractivity contribution in [3.63, 3.8) is 0 Å². The highest BCUT2D eigenvalue weighted by atomic mass is 32.1. The first kappa shape index (κ1) is 15.7. The molecule has 132 valence electrons. The predicted octanol–water partition coefficient (Wildman–Crippen LogP) is 5.10. The summed E-state index contributed by atoms with van der Waals surface area (Å²) in [5.74, 6) is 2.17. The van der Waals surface area contributed by atoms with E-state index in [2.05, 4.69) is 5.32 Å². The Morgan fingerprint density at radius 2 is 2.04 bits per heavy atom. The van der Waals surface area contributed by atoms with Crippen LogP contribution in [0.1, 0.15) is 47.9 Å². The summed E-state index contributed by atoms with van der Waals surface area (Å²) in [5, 5.41) is 15.5. The Morgan fingerprint density at radius 3 is 2.85 bits per heavy atom. The van der Waals surface area contributed by atoms with Crippen molar-refractivity contribution in [1.82, 2.24) is 9.97 Å². The number of aryl methyl sites for hydroxylation is 2. The van der Waals surface area contributed by atoms with Gasteiger partial charge in [0.1, 0.15) is 16.5 Å². The van der Waals surface area contributed by atoms with Gasteiger partial charge in [-0.15, -0.1) is 11.3 Å². The topological polar surface area (TPSA) is 81.0 Å². The van der Waals surface area contributed by atoms with Crippen LogP contribution in [0.25, 0.3) is 10.2 Å². The van der Waals surface area contributed by atoms with Gasteiger partial charge in [0.25, 0.3) is 5.69 Å². The summed E-state index contributed by atoms with van der Waals surface area (Å²) < 4.78 is 0. The monoisotopic (exact) mass is 366 g/mol. The van der Waals surface area contributed by atoms with Crippen molar-refractivity contribution in [3.05, 3.63) is 50.6 Å². The third kappa shape index (κ3) is 2.72. The van der Waals surface area contributed by atoms with E-state index in [0.717, 1.165) is 47.5 Å². The third-order valence-corrected chi connectivity index (χ3v) is 6.28. The zero-order valence-electron chi connectivity index (χ0n) is 14.2. The molecule has 5 rings (SSSR count). The molecule has 1 aromatic carbocycles. The molecule has 2 heterocycles. The smallest absolute Gasteiger partial charge is 0.271 e. The summed E-state index contributed by atoms with van der Waals surface area (Å²) in [5.41, 5.74) is 2.14. The highest BCUT2D eigenvalue weighted by Crippen LogP contribution is 2.43. The molecule has 0 radical (unpaired) electrons. The van der Waals surface area contributed by atoms with Crippen LogP contribution in [0.2, 0.25) is 0 Å². The summed E-state index contributed by atoms with van der Waals surface area (Å²) in [6, 6.07) is 6.60. The van der Waals surface area contributed by atoms with Gasteiger partial charge in [-0.3, -0.25) is 10.1 Å². The number of fused-ring (bicyclic) bond motifs is 3. The van der Waals surface area contributed by atoms with Crippen LogP contribution < -0.4 is 5.32 Å². The van der Waals surface area contributed by atoms with E-state index in [1.54, 1.807) is 23.5 Å². The molecule has 6 nitrogen and oxygen atoms in total. The van der Waals surface area contributed by atoms with Crippen LogP contribution >= 0.6 is 11.3 Å². The number of nitro benzene ring substituents is 1. The molecule has 7 heteroatoms. The predicted molar refractivity (Wildman–Crippen MR) is 102 cm³/mol. The number of hydrogen-bond donors (Lipinski definition) is 1. The Balaban J connectivity index is 1.64. The van der Waals surface area contributed by atoms with Crippen molar-refractivity contribution < 1.29 is 4.92 Å². The number of non-ortho nitro benzene ring substituents is 1. The molecule has 0 spiro atoms. The van der Waals surface area contributed by atoms with Crippen molar-refractivity contribution in [2.75, 3.05) is 5.32 Å². The van der Waals surface area contributed by atoms with Crippen LogP contribution in [0.5, 0.6) is 0 Å². The molecule has 0 atom stereocenters. The number of benzene rings is 1. The van der Waals surface area contributed by atoms with Crippen LogP contribution in [-0.4, -0.2) is 14.9 Å². The minimum Gasteiger partial charge on any atom is -0.339 e. The molecule has 0 amide bonds. The van der Waals surface area contributed by atoms with Crippen molar-refractivity contribution >= 4 is 38.7 Å². The Bertz CT molecular complexity index is 1030. The Kier molecular flexibility index (Phi) is 3.63. The summed E-state index contributed by atoms with van der Waals surface area (Å²) in [6.45, 7) is 0. The normalized spacial score (nSPS) is 16.5. The molecule has 0 aliphatic heterocycles. The number of rotatable bonds is 4. The average molecular weight is 366 g/mol. The lowest BCUT2D eigenvalue weighted by molar-refractivity contribution is -0.384. The number of nitro groups is 1. The van der Waals surface area contributed by atoms with Crippen molar-refractivity contribution in [1.29, 1.82) is 0 Å². The molecule has 3 aromatic rings. The molecule has 0 saturated heterocycles. The van der Waals surface area contributed by atoms with E-state index in [9.17, 15) is 10.1 Å². The second-order valence-electron chi connectivity index (χ2n) is 7.03. The molecule has 0 unspecified atom stereocenters. The van der Waals surface area contributed by atoms with Crippen LogP contribution in [0, 0.1) is 10.1 Å². The molecule has 26 heavy (non-hydrogen) atoms. The minimum absolute atomic E-state index is 0.0788. The first-order chi connectivity index (χ1) is 12.7. The highest BCUT2D eigenvalue weighted by molar-refractivity contribution is 7.19.